The largest absolute Gasteiger partial charge is 0.378 e. The predicted octanol–water partition coefficient (Wildman–Crippen LogP) is 4.75. The van der Waals surface area contributed by atoms with Gasteiger partial charge in [0, 0.05) is 34.7 Å². The van der Waals surface area contributed by atoms with E-state index in [9.17, 15) is 4.79 Å². The maximum atomic E-state index is 12.9. The quantitative estimate of drug-likeness (QED) is 0.687. The van der Waals surface area contributed by atoms with E-state index in [0.717, 1.165) is 22.1 Å². The fraction of sp³-hybridized carbons (Fsp3) is 0.348. The third-order valence-electron chi connectivity index (χ3n) is 6.14. The lowest BCUT2D eigenvalue weighted by atomic mass is 9.76. The first-order valence-corrected chi connectivity index (χ1v) is 10.7. The fourth-order valence-electron chi connectivity index (χ4n) is 4.68. The Bertz CT molecular complexity index is 919. The summed E-state index contributed by atoms with van der Waals surface area (Å²) in [6.07, 6.45) is 5.66. The first-order chi connectivity index (χ1) is 13.7. The minimum absolute atomic E-state index is 0.111. The number of amides is 1. The number of anilines is 1. The summed E-state index contributed by atoms with van der Waals surface area (Å²) in [5, 5.41) is 3.75. The molecule has 0 radical (unpaired) electrons. The monoisotopic (exact) mass is 438 g/mol. The van der Waals surface area contributed by atoms with E-state index in [-0.39, 0.29) is 11.9 Å². The van der Waals surface area contributed by atoms with E-state index in [1.165, 1.54) is 11.1 Å². The zero-order chi connectivity index (χ0) is 19.1. The molecule has 0 unspecified atom stereocenters. The molecule has 2 heterocycles. The summed E-state index contributed by atoms with van der Waals surface area (Å²) in [6, 6.07) is 15.0. The molecule has 0 aromatic heterocycles. The summed E-state index contributed by atoms with van der Waals surface area (Å²) >= 11 is 3.53. The summed E-state index contributed by atoms with van der Waals surface area (Å²) < 4.78 is 6.48. The van der Waals surface area contributed by atoms with Crippen molar-refractivity contribution in [1.82, 2.24) is 4.90 Å². The van der Waals surface area contributed by atoms with Gasteiger partial charge in [-0.1, -0.05) is 40.2 Å². The van der Waals surface area contributed by atoms with Crippen molar-refractivity contribution >= 4 is 27.5 Å². The molecule has 3 atom stereocenters. The lowest BCUT2D eigenvalue weighted by Gasteiger charge is -2.38. The molecule has 2 aromatic rings. The molecule has 4 nitrogen and oxygen atoms in total. The Morgan fingerprint density at radius 1 is 1.11 bits per heavy atom. The Labute approximate surface area is 173 Å². The summed E-state index contributed by atoms with van der Waals surface area (Å²) in [4.78, 5) is 14.8. The van der Waals surface area contributed by atoms with Crippen molar-refractivity contribution in [1.29, 1.82) is 0 Å². The Morgan fingerprint density at radius 3 is 2.68 bits per heavy atom. The lowest BCUT2D eigenvalue weighted by molar-refractivity contribution is 0.0303. The average molecular weight is 439 g/mol. The molecule has 5 rings (SSSR count). The number of nitrogens with zero attached hydrogens (tertiary/aromatic N) is 1. The Hall–Kier alpha value is -2.11. The lowest BCUT2D eigenvalue weighted by Crippen LogP contribution is -2.40. The van der Waals surface area contributed by atoms with Crippen molar-refractivity contribution in [3.8, 4) is 0 Å². The van der Waals surface area contributed by atoms with Gasteiger partial charge in [-0.05, 0) is 53.8 Å². The maximum absolute atomic E-state index is 12.9. The van der Waals surface area contributed by atoms with Crippen LogP contribution in [0, 0.1) is 5.92 Å². The van der Waals surface area contributed by atoms with Crippen LogP contribution in [0.25, 0.3) is 0 Å². The van der Waals surface area contributed by atoms with Crippen LogP contribution in [0.3, 0.4) is 0 Å². The van der Waals surface area contributed by atoms with E-state index < -0.39 is 0 Å². The number of rotatable bonds is 2. The molecule has 1 amide bonds. The number of fused-ring (bicyclic) bond motifs is 3. The standard InChI is InChI=1S/C23H23BrN2O2/c24-17-7-4-15(5-8-17)22-19-3-1-2-18(19)20-14-16(6-9-21(20)25-22)23(27)26-10-12-28-13-11-26/h1-2,4-9,14,18-19,22,25H,3,10-13H2/t18-,19-,22+/m1/s1. The molecule has 2 aromatic carbocycles. The molecule has 5 heteroatoms. The number of hydrogen-bond acceptors (Lipinski definition) is 3. The molecule has 28 heavy (non-hydrogen) atoms. The van der Waals surface area contributed by atoms with Gasteiger partial charge in [0.2, 0.25) is 0 Å². The van der Waals surface area contributed by atoms with Crippen LogP contribution in [-0.4, -0.2) is 37.1 Å². The van der Waals surface area contributed by atoms with E-state index >= 15 is 0 Å². The molecule has 2 aliphatic heterocycles. The van der Waals surface area contributed by atoms with Crippen molar-refractivity contribution in [2.45, 2.75) is 18.4 Å². The molecule has 0 saturated carbocycles. The second kappa shape index (κ2) is 7.37. The van der Waals surface area contributed by atoms with Gasteiger partial charge in [0.25, 0.3) is 5.91 Å². The number of carbonyl (C=O) groups excluding carboxylic acids is 1. The highest BCUT2D eigenvalue weighted by atomic mass is 79.9. The maximum Gasteiger partial charge on any atom is 0.254 e. The Kier molecular flexibility index (Phi) is 4.73. The van der Waals surface area contributed by atoms with E-state index in [1.54, 1.807) is 0 Å². The van der Waals surface area contributed by atoms with Crippen molar-refractivity contribution in [3.05, 3.63) is 75.8 Å². The topological polar surface area (TPSA) is 41.6 Å². The van der Waals surface area contributed by atoms with E-state index in [4.69, 9.17) is 4.74 Å². The number of nitrogens with one attached hydrogen (secondary N) is 1. The normalized spacial score (nSPS) is 25.8. The zero-order valence-electron chi connectivity index (χ0n) is 15.6. The molecule has 3 aliphatic rings. The van der Waals surface area contributed by atoms with Crippen LogP contribution in [0.1, 0.15) is 39.9 Å². The fourth-order valence-corrected chi connectivity index (χ4v) is 4.94. The van der Waals surface area contributed by atoms with Crippen molar-refractivity contribution in [2.24, 2.45) is 5.92 Å². The van der Waals surface area contributed by atoms with Gasteiger partial charge in [0.05, 0.1) is 19.3 Å². The van der Waals surface area contributed by atoms with Crippen LogP contribution in [0.4, 0.5) is 5.69 Å². The molecule has 0 spiro atoms. The Balaban J connectivity index is 1.47. The average Bonchev–Trinajstić information content (AvgIpc) is 3.24. The minimum Gasteiger partial charge on any atom is -0.378 e. The number of morpholine rings is 1. The molecule has 144 valence electrons. The molecular formula is C23H23BrN2O2. The number of hydrogen-bond donors (Lipinski definition) is 1. The summed E-state index contributed by atoms with van der Waals surface area (Å²) in [5.41, 5.74) is 4.47. The van der Waals surface area contributed by atoms with Gasteiger partial charge in [-0.15, -0.1) is 0 Å². The highest BCUT2D eigenvalue weighted by molar-refractivity contribution is 9.10. The molecule has 0 bridgehead atoms. The molecule has 1 aliphatic carbocycles. The van der Waals surface area contributed by atoms with Gasteiger partial charge in [-0.2, -0.15) is 0 Å². The molecule has 1 N–H and O–H groups in total. The van der Waals surface area contributed by atoms with Crippen LogP contribution >= 0.6 is 15.9 Å². The SMILES string of the molecule is O=C(c1ccc2c(c1)[C@@H]1C=CC[C@H]1[C@H](c1ccc(Br)cc1)N2)N1CCOCC1. The number of allylic oxidation sites excluding steroid dienone is 2. The predicted molar refractivity (Wildman–Crippen MR) is 114 cm³/mol. The minimum atomic E-state index is 0.111. The second-order valence-corrected chi connectivity index (χ2v) is 8.65. The molecule has 1 fully saturated rings. The van der Waals surface area contributed by atoms with Gasteiger partial charge in [0.1, 0.15) is 0 Å². The number of benzene rings is 2. The van der Waals surface area contributed by atoms with Gasteiger partial charge in [0.15, 0.2) is 0 Å². The van der Waals surface area contributed by atoms with Gasteiger partial charge in [-0.3, -0.25) is 4.79 Å². The van der Waals surface area contributed by atoms with Gasteiger partial charge in [-0.25, -0.2) is 0 Å². The van der Waals surface area contributed by atoms with Crippen LogP contribution < -0.4 is 5.32 Å². The number of carbonyl (C=O) groups is 1. The second-order valence-electron chi connectivity index (χ2n) is 7.73. The van der Waals surface area contributed by atoms with Crippen LogP contribution in [0.5, 0.6) is 0 Å². The van der Waals surface area contributed by atoms with E-state index in [2.05, 4.69) is 69.8 Å². The van der Waals surface area contributed by atoms with Crippen LogP contribution in [0.15, 0.2) is 59.1 Å². The van der Waals surface area contributed by atoms with E-state index in [1.807, 2.05) is 11.0 Å². The summed E-state index contributed by atoms with van der Waals surface area (Å²) in [5.74, 6) is 0.935. The van der Waals surface area contributed by atoms with Gasteiger partial charge < -0.3 is 15.0 Å². The first kappa shape index (κ1) is 18.0. The highest BCUT2D eigenvalue weighted by Crippen LogP contribution is 2.50. The van der Waals surface area contributed by atoms with Crippen molar-refractivity contribution in [3.63, 3.8) is 0 Å². The third kappa shape index (κ3) is 3.16. The highest BCUT2D eigenvalue weighted by Gasteiger charge is 2.38. The van der Waals surface area contributed by atoms with E-state index in [0.29, 0.717) is 38.1 Å². The molecule has 1 saturated heterocycles. The first-order valence-electron chi connectivity index (χ1n) is 9.90. The summed E-state index contributed by atoms with van der Waals surface area (Å²) in [6.45, 7) is 2.60. The summed E-state index contributed by atoms with van der Waals surface area (Å²) in [7, 11) is 0. The van der Waals surface area contributed by atoms with Gasteiger partial charge >= 0.3 is 0 Å². The smallest absolute Gasteiger partial charge is 0.254 e. The molecular weight excluding hydrogens is 416 g/mol. The van der Waals surface area contributed by atoms with Crippen molar-refractivity contribution < 1.29 is 9.53 Å². The number of halogens is 1. The van der Waals surface area contributed by atoms with Crippen molar-refractivity contribution in [2.75, 3.05) is 31.6 Å². The Morgan fingerprint density at radius 2 is 1.89 bits per heavy atom. The third-order valence-corrected chi connectivity index (χ3v) is 6.67. The number of ether oxygens (including phenoxy) is 1. The van der Waals surface area contributed by atoms with Crippen LogP contribution in [-0.2, 0) is 4.74 Å². The van der Waals surface area contributed by atoms with Crippen LogP contribution in [0.2, 0.25) is 0 Å². The zero-order valence-corrected chi connectivity index (χ0v) is 17.2.